The summed E-state index contributed by atoms with van der Waals surface area (Å²) in [6.45, 7) is 2.44. The van der Waals surface area contributed by atoms with Crippen LogP contribution in [-0.4, -0.2) is 0 Å². The van der Waals surface area contributed by atoms with Crippen LogP contribution in [0.5, 0.6) is 0 Å². The van der Waals surface area contributed by atoms with E-state index in [4.69, 9.17) is 0 Å². The second kappa shape index (κ2) is 4.30. The van der Waals surface area contributed by atoms with Gasteiger partial charge in [0.05, 0.1) is 0 Å². The molecule has 0 aromatic heterocycles. The molecule has 0 heterocycles. The molecule has 0 spiro atoms. The van der Waals surface area contributed by atoms with Crippen molar-refractivity contribution in [3.8, 4) is 0 Å². The van der Waals surface area contributed by atoms with Gasteiger partial charge in [-0.25, -0.2) is 0 Å². The quantitative estimate of drug-likeness (QED) is 0.480. The molecule has 2 aliphatic carbocycles. The first-order valence-corrected chi connectivity index (χ1v) is 6.08. The van der Waals surface area contributed by atoms with E-state index in [1.165, 1.54) is 57.8 Å². The predicted molar refractivity (Wildman–Crippen MR) is 57.7 cm³/mol. The lowest BCUT2D eigenvalue weighted by atomic mass is 9.78. The van der Waals surface area contributed by atoms with Crippen LogP contribution in [0.25, 0.3) is 0 Å². The maximum atomic E-state index is 2.44. The van der Waals surface area contributed by atoms with Crippen LogP contribution in [0.4, 0.5) is 0 Å². The summed E-state index contributed by atoms with van der Waals surface area (Å²) >= 11 is 0. The molecule has 0 fully saturated rings. The summed E-state index contributed by atoms with van der Waals surface area (Å²) in [5.74, 6) is 0.918. The van der Waals surface area contributed by atoms with E-state index in [1.807, 2.05) is 11.1 Å². The summed E-state index contributed by atoms with van der Waals surface area (Å²) in [5.41, 5.74) is 3.73. The van der Waals surface area contributed by atoms with Gasteiger partial charge in [0, 0.05) is 0 Å². The van der Waals surface area contributed by atoms with E-state index < -0.39 is 0 Å². The molecule has 0 amide bonds. The molecule has 0 bridgehead atoms. The Morgan fingerprint density at radius 2 is 1.54 bits per heavy atom. The average Bonchev–Trinajstić information content (AvgIpc) is 2.07. The Balaban J connectivity index is 2.14. The van der Waals surface area contributed by atoms with Crippen molar-refractivity contribution in [2.45, 2.75) is 64.7 Å². The highest BCUT2D eigenvalue weighted by Crippen LogP contribution is 2.36. The van der Waals surface area contributed by atoms with E-state index in [1.54, 1.807) is 0 Å². The molecule has 1 atom stereocenters. The molecule has 0 aromatic carbocycles. The average molecular weight is 178 g/mol. The van der Waals surface area contributed by atoms with E-state index in [-0.39, 0.29) is 0 Å². The largest absolute Gasteiger partial charge is 0.0707 e. The molecule has 1 unspecified atom stereocenters. The lowest BCUT2D eigenvalue weighted by molar-refractivity contribution is 0.473. The van der Waals surface area contributed by atoms with Crippen molar-refractivity contribution in [3.05, 3.63) is 11.1 Å². The Hall–Kier alpha value is -0.260. The van der Waals surface area contributed by atoms with Gasteiger partial charge in [0.25, 0.3) is 0 Å². The molecule has 0 nitrogen and oxygen atoms in total. The molecule has 0 aromatic rings. The van der Waals surface area contributed by atoms with Crippen molar-refractivity contribution in [2.75, 3.05) is 0 Å². The number of hydrogen-bond donors (Lipinski definition) is 0. The van der Waals surface area contributed by atoms with Crippen molar-refractivity contribution < 1.29 is 0 Å². The first-order valence-electron chi connectivity index (χ1n) is 6.08. The minimum absolute atomic E-state index is 0.918. The maximum absolute atomic E-state index is 2.44. The summed E-state index contributed by atoms with van der Waals surface area (Å²) < 4.78 is 0. The minimum Gasteiger partial charge on any atom is -0.0707 e. The standard InChI is InChI=1S/C13H22/c1-11-7-6-9-12-8-4-2-3-5-10-13(11)12/h11H,2-10H2,1H3. The lowest BCUT2D eigenvalue weighted by Gasteiger charge is -2.28. The summed E-state index contributed by atoms with van der Waals surface area (Å²) in [4.78, 5) is 0. The highest BCUT2D eigenvalue weighted by atomic mass is 14.2. The van der Waals surface area contributed by atoms with Crippen molar-refractivity contribution >= 4 is 0 Å². The molecular formula is C13H22. The van der Waals surface area contributed by atoms with Gasteiger partial charge in [-0.05, 0) is 50.9 Å². The second-order valence-corrected chi connectivity index (χ2v) is 4.84. The summed E-state index contributed by atoms with van der Waals surface area (Å²) in [7, 11) is 0. The second-order valence-electron chi connectivity index (χ2n) is 4.84. The molecule has 13 heavy (non-hydrogen) atoms. The smallest absolute Gasteiger partial charge is 0.0229 e. The van der Waals surface area contributed by atoms with Crippen molar-refractivity contribution in [1.82, 2.24) is 0 Å². The Morgan fingerprint density at radius 1 is 0.846 bits per heavy atom. The molecule has 0 radical (unpaired) electrons. The third-order valence-corrected chi connectivity index (χ3v) is 3.84. The van der Waals surface area contributed by atoms with Crippen molar-refractivity contribution in [3.63, 3.8) is 0 Å². The molecule has 74 valence electrons. The van der Waals surface area contributed by atoms with Crippen LogP contribution in [-0.2, 0) is 0 Å². The van der Waals surface area contributed by atoms with Crippen molar-refractivity contribution in [2.24, 2.45) is 5.92 Å². The molecular weight excluding hydrogens is 156 g/mol. The third kappa shape index (κ3) is 2.15. The highest BCUT2D eigenvalue weighted by Gasteiger charge is 2.19. The topological polar surface area (TPSA) is 0 Å². The Kier molecular flexibility index (Phi) is 3.08. The van der Waals surface area contributed by atoms with Crippen LogP contribution in [0.1, 0.15) is 64.7 Å². The fraction of sp³-hybridized carbons (Fsp3) is 0.846. The molecule has 2 rings (SSSR count). The van der Waals surface area contributed by atoms with Gasteiger partial charge >= 0.3 is 0 Å². The summed E-state index contributed by atoms with van der Waals surface area (Å²) in [6, 6.07) is 0. The molecule has 0 saturated carbocycles. The molecule has 0 N–H and O–H groups in total. The zero-order valence-corrected chi connectivity index (χ0v) is 8.94. The first-order chi connectivity index (χ1) is 6.38. The minimum atomic E-state index is 0.918. The summed E-state index contributed by atoms with van der Waals surface area (Å²) in [6.07, 6.45) is 13.1. The van der Waals surface area contributed by atoms with Gasteiger partial charge in [-0.2, -0.15) is 0 Å². The van der Waals surface area contributed by atoms with Crippen LogP contribution >= 0.6 is 0 Å². The van der Waals surface area contributed by atoms with E-state index in [0.29, 0.717) is 0 Å². The number of hydrogen-bond acceptors (Lipinski definition) is 0. The molecule has 0 saturated heterocycles. The fourth-order valence-electron chi connectivity index (χ4n) is 3.02. The zero-order valence-electron chi connectivity index (χ0n) is 8.94. The van der Waals surface area contributed by atoms with Gasteiger partial charge in [-0.1, -0.05) is 30.9 Å². The van der Waals surface area contributed by atoms with E-state index in [0.717, 1.165) is 5.92 Å². The van der Waals surface area contributed by atoms with Crippen LogP contribution in [0, 0.1) is 5.92 Å². The van der Waals surface area contributed by atoms with Gasteiger partial charge in [0.2, 0.25) is 0 Å². The van der Waals surface area contributed by atoms with Gasteiger partial charge < -0.3 is 0 Å². The van der Waals surface area contributed by atoms with E-state index in [2.05, 4.69) is 6.92 Å². The Morgan fingerprint density at radius 3 is 2.38 bits per heavy atom. The monoisotopic (exact) mass is 178 g/mol. The molecule has 0 heteroatoms. The zero-order chi connectivity index (χ0) is 9.10. The molecule has 2 aliphatic rings. The number of allylic oxidation sites excluding steroid dienone is 2. The fourth-order valence-corrected chi connectivity index (χ4v) is 3.02. The van der Waals surface area contributed by atoms with Crippen LogP contribution < -0.4 is 0 Å². The van der Waals surface area contributed by atoms with Gasteiger partial charge in [-0.15, -0.1) is 0 Å². The number of rotatable bonds is 0. The van der Waals surface area contributed by atoms with Gasteiger partial charge in [0.15, 0.2) is 0 Å². The third-order valence-electron chi connectivity index (χ3n) is 3.84. The Bertz CT molecular complexity index is 200. The molecule has 0 aliphatic heterocycles. The van der Waals surface area contributed by atoms with Crippen LogP contribution in [0.15, 0.2) is 11.1 Å². The predicted octanol–water partition coefficient (Wildman–Crippen LogP) is 4.46. The normalized spacial score (nSPS) is 30.7. The van der Waals surface area contributed by atoms with Gasteiger partial charge in [-0.3, -0.25) is 0 Å². The Labute approximate surface area is 82.4 Å². The van der Waals surface area contributed by atoms with Gasteiger partial charge in [0.1, 0.15) is 0 Å². The summed E-state index contributed by atoms with van der Waals surface area (Å²) in [5, 5.41) is 0. The van der Waals surface area contributed by atoms with E-state index >= 15 is 0 Å². The van der Waals surface area contributed by atoms with Crippen LogP contribution in [0.3, 0.4) is 0 Å². The van der Waals surface area contributed by atoms with Crippen molar-refractivity contribution in [1.29, 1.82) is 0 Å². The lowest BCUT2D eigenvalue weighted by Crippen LogP contribution is -2.11. The van der Waals surface area contributed by atoms with E-state index in [9.17, 15) is 0 Å². The highest BCUT2D eigenvalue weighted by molar-refractivity contribution is 5.20. The SMILES string of the molecule is CC1CCCC2=C1CCCCCC2. The first kappa shape index (κ1) is 9.30. The van der Waals surface area contributed by atoms with Crippen LogP contribution in [0.2, 0.25) is 0 Å². The maximum Gasteiger partial charge on any atom is -0.0229 e.